The number of Topliss-reactive ketones (excluding diaryl/α,β-unsaturated/α-hetero) is 1. The maximum Gasteiger partial charge on any atom is 0.336 e. The number of hydrogen-bond donors (Lipinski definition) is 0. The summed E-state index contributed by atoms with van der Waals surface area (Å²) in [4.78, 5) is 23.7. The van der Waals surface area contributed by atoms with Gasteiger partial charge in [0.15, 0.2) is 24.0 Å². The van der Waals surface area contributed by atoms with Crippen molar-refractivity contribution < 1.29 is 23.1 Å². The summed E-state index contributed by atoms with van der Waals surface area (Å²) < 4.78 is 29.1. The molecular formula is C19H14ClFO5. The summed E-state index contributed by atoms with van der Waals surface area (Å²) in [5.74, 6) is -0.839. The van der Waals surface area contributed by atoms with E-state index < -0.39 is 17.2 Å². The van der Waals surface area contributed by atoms with E-state index in [-0.39, 0.29) is 28.7 Å². The molecule has 0 fully saturated rings. The lowest BCUT2D eigenvalue weighted by atomic mass is 10.1. The number of rotatable bonds is 5. The van der Waals surface area contributed by atoms with Crippen molar-refractivity contribution in [3.05, 3.63) is 68.8 Å². The van der Waals surface area contributed by atoms with Crippen LogP contribution in [0.15, 0.2) is 45.6 Å². The molecule has 3 aromatic rings. The smallest absolute Gasteiger partial charge is 0.336 e. The number of hydrogen-bond acceptors (Lipinski definition) is 5. The summed E-state index contributed by atoms with van der Waals surface area (Å²) in [5.41, 5.74) is 0.669. The third-order valence-electron chi connectivity index (χ3n) is 3.84. The van der Waals surface area contributed by atoms with Gasteiger partial charge in [0, 0.05) is 23.1 Å². The zero-order valence-corrected chi connectivity index (χ0v) is 14.7. The average molecular weight is 377 g/mol. The first-order chi connectivity index (χ1) is 12.4. The predicted octanol–water partition coefficient (Wildman–Crippen LogP) is 4.16. The Morgan fingerprint density at radius 3 is 2.65 bits per heavy atom. The molecule has 26 heavy (non-hydrogen) atoms. The van der Waals surface area contributed by atoms with Crippen LogP contribution >= 0.6 is 11.6 Å². The molecule has 0 bridgehead atoms. The maximum atomic E-state index is 13.7. The second kappa shape index (κ2) is 7.17. The molecule has 0 aliphatic rings. The number of ketones is 1. The highest BCUT2D eigenvalue weighted by atomic mass is 35.5. The van der Waals surface area contributed by atoms with Crippen molar-refractivity contribution in [1.29, 1.82) is 0 Å². The highest BCUT2D eigenvalue weighted by molar-refractivity contribution is 6.32. The molecule has 0 atom stereocenters. The van der Waals surface area contributed by atoms with Crippen LogP contribution in [0.5, 0.6) is 11.5 Å². The Kier molecular flexibility index (Phi) is 4.95. The van der Waals surface area contributed by atoms with Gasteiger partial charge in [-0.05, 0) is 36.8 Å². The van der Waals surface area contributed by atoms with Crippen molar-refractivity contribution in [3.63, 3.8) is 0 Å². The van der Waals surface area contributed by atoms with Crippen molar-refractivity contribution in [3.8, 4) is 11.5 Å². The average Bonchev–Trinajstić information content (AvgIpc) is 2.60. The number of halogens is 2. The van der Waals surface area contributed by atoms with Crippen LogP contribution < -0.4 is 15.1 Å². The molecular weight excluding hydrogens is 363 g/mol. The first-order valence-electron chi connectivity index (χ1n) is 7.62. The van der Waals surface area contributed by atoms with Crippen molar-refractivity contribution in [2.75, 3.05) is 13.7 Å². The Hall–Kier alpha value is -2.86. The third kappa shape index (κ3) is 3.55. The molecule has 1 aromatic heterocycles. The van der Waals surface area contributed by atoms with Crippen LogP contribution in [0.25, 0.3) is 11.0 Å². The lowest BCUT2D eigenvalue weighted by Gasteiger charge is -2.10. The zero-order chi connectivity index (χ0) is 18.8. The minimum Gasteiger partial charge on any atom is -0.494 e. The molecule has 1 heterocycles. The molecule has 7 heteroatoms. The van der Waals surface area contributed by atoms with Gasteiger partial charge in [-0.1, -0.05) is 11.6 Å². The molecule has 3 rings (SSSR count). The number of carbonyl (C=O) groups excluding carboxylic acids is 1. The Morgan fingerprint density at radius 1 is 1.19 bits per heavy atom. The molecule has 134 valence electrons. The van der Waals surface area contributed by atoms with Crippen LogP contribution in [0.4, 0.5) is 4.39 Å². The molecule has 2 aromatic carbocycles. The van der Waals surface area contributed by atoms with Gasteiger partial charge in [-0.15, -0.1) is 0 Å². The molecule has 0 amide bonds. The molecule has 0 spiro atoms. The van der Waals surface area contributed by atoms with Crippen LogP contribution in [0.3, 0.4) is 0 Å². The lowest BCUT2D eigenvalue weighted by molar-refractivity contribution is 0.0921. The summed E-state index contributed by atoms with van der Waals surface area (Å²) in [5, 5.41) is 0.939. The second-order valence-corrected chi connectivity index (χ2v) is 6.00. The van der Waals surface area contributed by atoms with Crippen LogP contribution in [0, 0.1) is 12.7 Å². The van der Waals surface area contributed by atoms with E-state index in [1.807, 2.05) is 0 Å². The number of fused-ring (bicyclic) bond motifs is 1. The summed E-state index contributed by atoms with van der Waals surface area (Å²) in [7, 11) is 1.34. The van der Waals surface area contributed by atoms with Crippen molar-refractivity contribution in [1.82, 2.24) is 0 Å². The van der Waals surface area contributed by atoms with E-state index in [1.165, 1.54) is 31.4 Å². The lowest BCUT2D eigenvalue weighted by Crippen LogP contribution is -2.12. The van der Waals surface area contributed by atoms with E-state index >= 15 is 0 Å². The van der Waals surface area contributed by atoms with Crippen molar-refractivity contribution >= 4 is 28.4 Å². The topological polar surface area (TPSA) is 65.7 Å². The standard InChI is InChI=1S/C19H14ClFO5/c1-10-5-19(23)26-17-8-18(13(20)7-12(10)17)25-9-15(22)11-3-4-16(24-2)14(21)6-11/h3-8H,9H2,1-2H3. The quantitative estimate of drug-likeness (QED) is 0.494. The molecule has 0 radical (unpaired) electrons. The Balaban J connectivity index is 1.83. The van der Waals surface area contributed by atoms with Crippen LogP contribution in [0.2, 0.25) is 5.02 Å². The van der Waals surface area contributed by atoms with Gasteiger partial charge in [0.05, 0.1) is 12.1 Å². The first kappa shape index (κ1) is 17.9. The molecule has 5 nitrogen and oxygen atoms in total. The number of aryl methyl sites for hydroxylation is 1. The number of methoxy groups -OCH3 is 1. The number of carbonyl (C=O) groups is 1. The van der Waals surface area contributed by atoms with Crippen LogP contribution in [0.1, 0.15) is 15.9 Å². The van der Waals surface area contributed by atoms with Gasteiger partial charge in [0.1, 0.15) is 11.3 Å². The number of benzene rings is 2. The van der Waals surface area contributed by atoms with E-state index in [0.717, 1.165) is 11.6 Å². The highest BCUT2D eigenvalue weighted by Gasteiger charge is 2.14. The van der Waals surface area contributed by atoms with Gasteiger partial charge in [-0.25, -0.2) is 9.18 Å². The monoisotopic (exact) mass is 376 g/mol. The van der Waals surface area contributed by atoms with Crippen molar-refractivity contribution in [2.24, 2.45) is 0 Å². The summed E-state index contributed by atoms with van der Waals surface area (Å²) in [6, 6.07) is 8.30. The van der Waals surface area contributed by atoms with Crippen LogP contribution in [-0.2, 0) is 0 Å². The fourth-order valence-corrected chi connectivity index (χ4v) is 2.71. The van der Waals surface area contributed by atoms with Gasteiger partial charge in [-0.3, -0.25) is 4.79 Å². The highest BCUT2D eigenvalue weighted by Crippen LogP contribution is 2.31. The zero-order valence-electron chi connectivity index (χ0n) is 14.0. The van der Waals surface area contributed by atoms with Crippen molar-refractivity contribution in [2.45, 2.75) is 6.92 Å². The number of ether oxygens (including phenoxy) is 2. The first-order valence-corrected chi connectivity index (χ1v) is 8.00. The van der Waals surface area contributed by atoms with Gasteiger partial charge >= 0.3 is 5.63 Å². The molecule has 0 N–H and O–H groups in total. The Bertz CT molecular complexity index is 1060. The van der Waals surface area contributed by atoms with Crippen LogP contribution in [-0.4, -0.2) is 19.5 Å². The molecule has 0 aliphatic carbocycles. The van der Waals surface area contributed by atoms with Gasteiger partial charge in [0.25, 0.3) is 0 Å². The fourth-order valence-electron chi connectivity index (χ4n) is 2.50. The van der Waals surface area contributed by atoms with Gasteiger partial charge in [0.2, 0.25) is 0 Å². The normalized spacial score (nSPS) is 10.8. The molecule has 0 saturated carbocycles. The summed E-state index contributed by atoms with van der Waals surface area (Å²) >= 11 is 6.18. The van der Waals surface area contributed by atoms with Gasteiger partial charge in [-0.2, -0.15) is 0 Å². The van der Waals surface area contributed by atoms with E-state index in [0.29, 0.717) is 11.0 Å². The largest absolute Gasteiger partial charge is 0.494 e. The predicted molar refractivity (Wildman–Crippen MR) is 95.0 cm³/mol. The Morgan fingerprint density at radius 2 is 1.96 bits per heavy atom. The van der Waals surface area contributed by atoms with E-state index in [2.05, 4.69) is 0 Å². The maximum absolute atomic E-state index is 13.7. The van der Waals surface area contributed by atoms with E-state index in [9.17, 15) is 14.0 Å². The minimum absolute atomic E-state index is 0.0467. The minimum atomic E-state index is -0.640. The Labute approximate surface area is 152 Å². The molecule has 0 saturated heterocycles. The fraction of sp³-hybridized carbons (Fsp3) is 0.158. The third-order valence-corrected chi connectivity index (χ3v) is 4.13. The summed E-state index contributed by atoms with van der Waals surface area (Å²) in [6.07, 6.45) is 0. The SMILES string of the molecule is COc1ccc(C(=O)COc2cc3oc(=O)cc(C)c3cc2Cl)cc1F. The molecule has 0 aliphatic heterocycles. The summed E-state index contributed by atoms with van der Waals surface area (Å²) in [6.45, 7) is 1.41. The van der Waals surface area contributed by atoms with Gasteiger partial charge < -0.3 is 13.9 Å². The molecule has 0 unspecified atom stereocenters. The van der Waals surface area contributed by atoms with E-state index in [4.69, 9.17) is 25.5 Å². The second-order valence-electron chi connectivity index (χ2n) is 5.59. The van der Waals surface area contributed by atoms with E-state index in [1.54, 1.807) is 13.0 Å².